The predicted molar refractivity (Wildman–Crippen MR) is 72.0 cm³/mol. The number of ether oxygens (including phenoxy) is 2. The average molecular weight is 296 g/mol. The van der Waals surface area contributed by atoms with Crippen LogP contribution in [0.1, 0.15) is 29.5 Å². The third kappa shape index (κ3) is 2.38. The molecule has 0 unspecified atom stereocenters. The van der Waals surface area contributed by atoms with E-state index >= 15 is 0 Å². The first-order valence-corrected chi connectivity index (χ1v) is 7.12. The van der Waals surface area contributed by atoms with Crippen LogP contribution < -0.4 is 0 Å². The Morgan fingerprint density at radius 3 is 2.76 bits per heavy atom. The monoisotopic (exact) mass is 296 g/mol. The van der Waals surface area contributed by atoms with E-state index in [1.54, 1.807) is 12.1 Å². The number of aliphatic hydroxyl groups is 4. The predicted octanol–water partition coefficient (Wildman–Crippen LogP) is -0.245. The fraction of sp³-hybridized carbons (Fsp3) is 0.600. The number of rotatable bonds is 3. The molecule has 1 fully saturated rings. The number of fused-ring (bicyclic) bond motifs is 2. The third-order valence-electron chi connectivity index (χ3n) is 4.23. The maximum absolute atomic E-state index is 10.4. The molecule has 21 heavy (non-hydrogen) atoms. The SMILES string of the molecule is OCC[C@@H]1C[C@H](O)[C@@H](O)[C@@]2(OCc3ccc(CO)cc32)O1. The molecule has 0 saturated carbocycles. The van der Waals surface area contributed by atoms with Gasteiger partial charge >= 0.3 is 0 Å². The van der Waals surface area contributed by atoms with Crippen LogP contribution in [0.3, 0.4) is 0 Å². The van der Waals surface area contributed by atoms with Crippen molar-refractivity contribution in [1.82, 2.24) is 0 Å². The van der Waals surface area contributed by atoms with Crippen LogP contribution >= 0.6 is 0 Å². The molecule has 0 radical (unpaired) electrons. The van der Waals surface area contributed by atoms with E-state index in [9.17, 15) is 15.3 Å². The summed E-state index contributed by atoms with van der Waals surface area (Å²) in [6.07, 6.45) is -1.97. The Hall–Kier alpha value is -1.02. The number of hydrogen-bond donors (Lipinski definition) is 4. The maximum Gasteiger partial charge on any atom is 0.225 e. The van der Waals surface area contributed by atoms with Gasteiger partial charge in [0.1, 0.15) is 6.10 Å². The fourth-order valence-corrected chi connectivity index (χ4v) is 3.11. The van der Waals surface area contributed by atoms with Crippen LogP contribution in [0.15, 0.2) is 18.2 Å². The summed E-state index contributed by atoms with van der Waals surface area (Å²) >= 11 is 0. The average Bonchev–Trinajstić information content (AvgIpc) is 2.84. The number of hydrogen-bond acceptors (Lipinski definition) is 6. The van der Waals surface area contributed by atoms with Crippen molar-refractivity contribution in [1.29, 1.82) is 0 Å². The van der Waals surface area contributed by atoms with E-state index in [1.807, 2.05) is 6.07 Å². The van der Waals surface area contributed by atoms with Gasteiger partial charge < -0.3 is 29.9 Å². The Labute approximate surface area is 122 Å². The molecule has 0 bridgehead atoms. The van der Waals surface area contributed by atoms with Crippen LogP contribution in [-0.2, 0) is 28.5 Å². The molecule has 1 aromatic carbocycles. The third-order valence-corrected chi connectivity index (χ3v) is 4.23. The molecule has 6 nitrogen and oxygen atoms in total. The van der Waals surface area contributed by atoms with Crippen molar-refractivity contribution in [2.24, 2.45) is 0 Å². The van der Waals surface area contributed by atoms with E-state index in [0.717, 1.165) is 5.56 Å². The molecule has 1 spiro atoms. The first kappa shape index (κ1) is 14.9. The molecular weight excluding hydrogens is 276 g/mol. The van der Waals surface area contributed by atoms with Crippen LogP contribution in [-0.4, -0.2) is 45.3 Å². The summed E-state index contributed by atoms with van der Waals surface area (Å²) in [4.78, 5) is 0. The molecule has 2 heterocycles. The number of benzene rings is 1. The Balaban J connectivity index is 2.00. The minimum Gasteiger partial charge on any atom is -0.396 e. The van der Waals surface area contributed by atoms with Crippen LogP contribution in [0.4, 0.5) is 0 Å². The summed E-state index contributed by atoms with van der Waals surface area (Å²) in [7, 11) is 0. The van der Waals surface area contributed by atoms with Crippen molar-refractivity contribution in [3.63, 3.8) is 0 Å². The Bertz CT molecular complexity index is 519. The van der Waals surface area contributed by atoms with Crippen molar-refractivity contribution < 1.29 is 29.9 Å². The van der Waals surface area contributed by atoms with Gasteiger partial charge in [0.05, 0.1) is 25.4 Å². The molecule has 4 N–H and O–H groups in total. The van der Waals surface area contributed by atoms with Crippen molar-refractivity contribution in [2.45, 2.75) is 50.2 Å². The van der Waals surface area contributed by atoms with E-state index in [-0.39, 0.29) is 26.2 Å². The van der Waals surface area contributed by atoms with E-state index in [0.29, 0.717) is 17.5 Å². The zero-order chi connectivity index (χ0) is 15.0. The van der Waals surface area contributed by atoms with Crippen LogP contribution in [0.25, 0.3) is 0 Å². The minimum absolute atomic E-state index is 0.0624. The molecule has 0 aromatic heterocycles. The van der Waals surface area contributed by atoms with Crippen LogP contribution in [0, 0.1) is 0 Å². The van der Waals surface area contributed by atoms with Gasteiger partial charge in [0.25, 0.3) is 0 Å². The summed E-state index contributed by atoms with van der Waals surface area (Å²) in [6.45, 7) is 0.0891. The Morgan fingerprint density at radius 1 is 1.24 bits per heavy atom. The standard InChI is InChI=1S/C15H20O6/c16-4-3-11-6-13(18)14(19)15(21-11)12-5-9(7-17)1-2-10(12)8-20-15/h1-2,5,11,13-14,16-19H,3-4,6-8H2/t11-,13+,14-,15+/m1/s1. The van der Waals surface area contributed by atoms with Crippen molar-refractivity contribution in [2.75, 3.05) is 6.61 Å². The van der Waals surface area contributed by atoms with Crippen molar-refractivity contribution in [3.05, 3.63) is 34.9 Å². The highest BCUT2D eigenvalue weighted by molar-refractivity contribution is 5.39. The van der Waals surface area contributed by atoms with E-state index in [4.69, 9.17) is 14.6 Å². The molecule has 2 aliphatic rings. The highest BCUT2D eigenvalue weighted by Gasteiger charge is 2.55. The molecule has 1 saturated heterocycles. The summed E-state index contributed by atoms with van der Waals surface area (Å²) in [5.41, 5.74) is 2.19. The van der Waals surface area contributed by atoms with Crippen LogP contribution in [0.5, 0.6) is 0 Å². The zero-order valence-corrected chi connectivity index (χ0v) is 11.6. The lowest BCUT2D eigenvalue weighted by atomic mass is 9.88. The second-order valence-electron chi connectivity index (χ2n) is 5.61. The van der Waals surface area contributed by atoms with Gasteiger partial charge in [-0.25, -0.2) is 0 Å². The maximum atomic E-state index is 10.4. The molecule has 1 aromatic rings. The van der Waals surface area contributed by atoms with E-state index in [1.165, 1.54) is 0 Å². The van der Waals surface area contributed by atoms with Gasteiger partial charge in [-0.1, -0.05) is 12.1 Å². The first-order chi connectivity index (χ1) is 10.1. The second kappa shape index (κ2) is 5.64. The molecule has 0 aliphatic carbocycles. The normalized spacial score (nSPS) is 35.1. The molecule has 4 atom stereocenters. The molecular formula is C15H20O6. The van der Waals surface area contributed by atoms with Gasteiger partial charge in [0, 0.05) is 18.6 Å². The second-order valence-corrected chi connectivity index (χ2v) is 5.61. The highest BCUT2D eigenvalue weighted by Crippen LogP contribution is 2.46. The van der Waals surface area contributed by atoms with E-state index < -0.39 is 24.1 Å². The lowest BCUT2D eigenvalue weighted by Gasteiger charge is -2.44. The topological polar surface area (TPSA) is 99.4 Å². The van der Waals surface area contributed by atoms with Gasteiger partial charge in [-0.05, 0) is 23.6 Å². The molecule has 0 amide bonds. The highest BCUT2D eigenvalue weighted by atomic mass is 16.7. The van der Waals surface area contributed by atoms with E-state index in [2.05, 4.69) is 0 Å². The summed E-state index contributed by atoms with van der Waals surface area (Å²) < 4.78 is 11.6. The largest absolute Gasteiger partial charge is 0.396 e. The van der Waals surface area contributed by atoms with Gasteiger partial charge in [-0.15, -0.1) is 0 Å². The minimum atomic E-state index is -1.42. The van der Waals surface area contributed by atoms with Crippen LogP contribution in [0.2, 0.25) is 0 Å². The van der Waals surface area contributed by atoms with Gasteiger partial charge in [0.2, 0.25) is 5.79 Å². The summed E-state index contributed by atoms with van der Waals surface area (Å²) in [5, 5.41) is 38.9. The fourth-order valence-electron chi connectivity index (χ4n) is 3.11. The van der Waals surface area contributed by atoms with Gasteiger partial charge in [-0.3, -0.25) is 0 Å². The zero-order valence-electron chi connectivity index (χ0n) is 11.6. The lowest BCUT2D eigenvalue weighted by molar-refractivity contribution is -0.345. The number of aliphatic hydroxyl groups excluding tert-OH is 4. The lowest BCUT2D eigenvalue weighted by Crippen LogP contribution is -2.55. The summed E-state index contributed by atoms with van der Waals surface area (Å²) in [6, 6.07) is 5.35. The molecule has 6 heteroatoms. The quantitative estimate of drug-likeness (QED) is 0.614. The molecule has 2 aliphatic heterocycles. The molecule has 3 rings (SSSR count). The first-order valence-electron chi connectivity index (χ1n) is 7.12. The van der Waals surface area contributed by atoms with Gasteiger partial charge in [0.15, 0.2) is 0 Å². The smallest absolute Gasteiger partial charge is 0.225 e. The Morgan fingerprint density at radius 2 is 2.05 bits per heavy atom. The molecule has 116 valence electrons. The Kier molecular flexibility index (Phi) is 4.00. The van der Waals surface area contributed by atoms with Crippen molar-refractivity contribution >= 4 is 0 Å². The summed E-state index contributed by atoms with van der Waals surface area (Å²) in [5.74, 6) is -1.42. The van der Waals surface area contributed by atoms with Gasteiger partial charge in [-0.2, -0.15) is 0 Å². The van der Waals surface area contributed by atoms with Crippen molar-refractivity contribution in [3.8, 4) is 0 Å².